The van der Waals surface area contributed by atoms with E-state index >= 15 is 0 Å². The Balaban J connectivity index is 2.37. The van der Waals surface area contributed by atoms with Crippen LogP contribution < -0.4 is 0 Å². The van der Waals surface area contributed by atoms with Gasteiger partial charge in [0.15, 0.2) is 4.34 Å². The van der Waals surface area contributed by atoms with E-state index in [1.54, 1.807) is 5.51 Å². The van der Waals surface area contributed by atoms with Crippen LogP contribution in [-0.4, -0.2) is 26.2 Å². The Hall–Kier alpha value is -2.00. The maximum Gasteiger partial charge on any atom is 0.342 e. The van der Waals surface area contributed by atoms with E-state index in [1.807, 2.05) is 0 Å². The number of hydrogen-bond donors (Lipinski definition) is 1. The number of nitro groups is 1. The number of benzene rings is 1. The van der Waals surface area contributed by atoms with Crippen LogP contribution in [0.15, 0.2) is 32.9 Å². The molecule has 2 aromatic rings. The van der Waals surface area contributed by atoms with Gasteiger partial charge in [-0.05, 0) is 12.1 Å². The van der Waals surface area contributed by atoms with Gasteiger partial charge in [-0.3, -0.25) is 10.1 Å². The summed E-state index contributed by atoms with van der Waals surface area (Å²) >= 11 is 2.51. The summed E-state index contributed by atoms with van der Waals surface area (Å²) in [7, 11) is 0. The molecule has 1 aromatic heterocycles. The maximum absolute atomic E-state index is 10.9. The molecule has 92 valence electrons. The van der Waals surface area contributed by atoms with E-state index in [9.17, 15) is 14.9 Å². The number of carboxylic acid groups (broad SMARTS) is 1. The third kappa shape index (κ3) is 2.63. The fourth-order valence-electron chi connectivity index (χ4n) is 1.22. The van der Waals surface area contributed by atoms with E-state index in [2.05, 4.69) is 10.2 Å². The molecule has 0 fully saturated rings. The standard InChI is InChI=1S/C9H5N3O4S2/c13-8(14)6-3-5(1-2-7(6)12(15)16)18-9-11-10-4-17-9/h1-4H,(H,13,14). The minimum atomic E-state index is -1.33. The SMILES string of the molecule is O=C(O)c1cc(Sc2nncs2)ccc1[N+](=O)[O-]. The summed E-state index contributed by atoms with van der Waals surface area (Å²) in [6.45, 7) is 0. The Morgan fingerprint density at radius 1 is 1.50 bits per heavy atom. The average molecular weight is 283 g/mol. The molecule has 0 unspecified atom stereocenters. The monoisotopic (exact) mass is 283 g/mol. The van der Waals surface area contributed by atoms with E-state index in [4.69, 9.17) is 5.11 Å². The minimum absolute atomic E-state index is 0.338. The van der Waals surface area contributed by atoms with Crippen molar-refractivity contribution in [3.8, 4) is 0 Å². The lowest BCUT2D eigenvalue weighted by molar-refractivity contribution is -0.385. The number of aromatic carboxylic acids is 1. The Bertz CT molecular complexity index is 600. The molecule has 18 heavy (non-hydrogen) atoms. The zero-order valence-electron chi connectivity index (χ0n) is 8.64. The molecule has 0 aliphatic heterocycles. The predicted molar refractivity (Wildman–Crippen MR) is 64.1 cm³/mol. The van der Waals surface area contributed by atoms with Crippen LogP contribution in [-0.2, 0) is 0 Å². The quantitative estimate of drug-likeness (QED) is 0.677. The molecule has 0 amide bonds. The molecule has 0 aliphatic rings. The van der Waals surface area contributed by atoms with Gasteiger partial charge < -0.3 is 5.11 Å². The van der Waals surface area contributed by atoms with Crippen LogP contribution in [0.5, 0.6) is 0 Å². The Kier molecular flexibility index (Phi) is 3.53. The molecule has 2 rings (SSSR count). The van der Waals surface area contributed by atoms with Crippen LogP contribution in [0.2, 0.25) is 0 Å². The number of carboxylic acids is 1. The number of nitro benzene ring substituents is 1. The van der Waals surface area contributed by atoms with Crippen LogP contribution in [0.25, 0.3) is 0 Å². The first-order valence-electron chi connectivity index (χ1n) is 4.53. The molecule has 1 aromatic carbocycles. The highest BCUT2D eigenvalue weighted by molar-refractivity contribution is 8.01. The fourth-order valence-corrected chi connectivity index (χ4v) is 2.71. The summed E-state index contributed by atoms with van der Waals surface area (Å²) in [5.41, 5.74) is 0.782. The second-order valence-electron chi connectivity index (χ2n) is 3.05. The van der Waals surface area contributed by atoms with Gasteiger partial charge in [-0.25, -0.2) is 4.79 Å². The van der Waals surface area contributed by atoms with Gasteiger partial charge in [-0.2, -0.15) is 0 Å². The molecule has 0 saturated heterocycles. The van der Waals surface area contributed by atoms with Gasteiger partial charge in [0.2, 0.25) is 0 Å². The molecular weight excluding hydrogens is 278 g/mol. The lowest BCUT2D eigenvalue weighted by Gasteiger charge is -2.01. The number of hydrogen-bond acceptors (Lipinski definition) is 7. The molecule has 1 N–H and O–H groups in total. The van der Waals surface area contributed by atoms with Crippen molar-refractivity contribution in [1.82, 2.24) is 10.2 Å². The maximum atomic E-state index is 10.9. The second kappa shape index (κ2) is 5.10. The Labute approximate surface area is 109 Å². The molecule has 7 nitrogen and oxygen atoms in total. The Morgan fingerprint density at radius 3 is 2.83 bits per heavy atom. The topological polar surface area (TPSA) is 106 Å². The molecule has 0 atom stereocenters. The predicted octanol–water partition coefficient (Wildman–Crippen LogP) is 2.30. The van der Waals surface area contributed by atoms with Crippen molar-refractivity contribution in [1.29, 1.82) is 0 Å². The van der Waals surface area contributed by atoms with Crippen molar-refractivity contribution in [3.05, 3.63) is 39.4 Å². The Morgan fingerprint density at radius 2 is 2.28 bits per heavy atom. The second-order valence-corrected chi connectivity index (χ2v) is 5.20. The lowest BCUT2D eigenvalue weighted by atomic mass is 10.2. The van der Waals surface area contributed by atoms with E-state index in [0.29, 0.717) is 9.24 Å². The number of nitrogens with zero attached hydrogens (tertiary/aromatic N) is 3. The highest BCUT2D eigenvalue weighted by atomic mass is 32.2. The van der Waals surface area contributed by atoms with Gasteiger partial charge in [0.1, 0.15) is 11.1 Å². The van der Waals surface area contributed by atoms with Crippen LogP contribution in [0.4, 0.5) is 5.69 Å². The third-order valence-electron chi connectivity index (χ3n) is 1.94. The summed E-state index contributed by atoms with van der Waals surface area (Å²) in [4.78, 5) is 21.5. The first kappa shape index (κ1) is 12.5. The smallest absolute Gasteiger partial charge is 0.342 e. The number of carbonyl (C=O) groups is 1. The zero-order chi connectivity index (χ0) is 13.1. The van der Waals surface area contributed by atoms with Crippen LogP contribution >= 0.6 is 23.1 Å². The van der Waals surface area contributed by atoms with Crippen LogP contribution in [0.3, 0.4) is 0 Å². The van der Waals surface area contributed by atoms with Crippen molar-refractivity contribution in [2.24, 2.45) is 0 Å². The highest BCUT2D eigenvalue weighted by Crippen LogP contribution is 2.31. The van der Waals surface area contributed by atoms with Gasteiger partial charge in [-0.15, -0.1) is 10.2 Å². The normalized spacial score (nSPS) is 10.2. The van der Waals surface area contributed by atoms with Crippen molar-refractivity contribution in [3.63, 3.8) is 0 Å². The van der Waals surface area contributed by atoms with Crippen molar-refractivity contribution in [2.45, 2.75) is 9.24 Å². The first-order chi connectivity index (χ1) is 8.58. The third-order valence-corrected chi connectivity index (χ3v) is 3.71. The summed E-state index contributed by atoms with van der Waals surface area (Å²) in [6.07, 6.45) is 0. The van der Waals surface area contributed by atoms with E-state index in [0.717, 1.165) is 0 Å². The van der Waals surface area contributed by atoms with Gasteiger partial charge in [-0.1, -0.05) is 23.1 Å². The average Bonchev–Trinajstić information content (AvgIpc) is 2.81. The molecular formula is C9H5N3O4S2. The molecule has 0 radical (unpaired) electrons. The van der Waals surface area contributed by atoms with Gasteiger partial charge in [0, 0.05) is 11.0 Å². The summed E-state index contributed by atoms with van der Waals surface area (Å²) in [6, 6.07) is 3.91. The van der Waals surface area contributed by atoms with Gasteiger partial charge >= 0.3 is 5.97 Å². The first-order valence-corrected chi connectivity index (χ1v) is 6.23. The zero-order valence-corrected chi connectivity index (χ0v) is 10.3. The highest BCUT2D eigenvalue weighted by Gasteiger charge is 2.20. The molecule has 0 aliphatic carbocycles. The summed E-state index contributed by atoms with van der Waals surface area (Å²) < 4.78 is 0.639. The number of aromatic nitrogens is 2. The molecule has 1 heterocycles. The summed E-state index contributed by atoms with van der Waals surface area (Å²) in [5.74, 6) is -1.33. The van der Waals surface area contributed by atoms with Crippen molar-refractivity contribution in [2.75, 3.05) is 0 Å². The van der Waals surface area contributed by atoms with Gasteiger partial charge in [0.25, 0.3) is 5.69 Å². The van der Waals surface area contributed by atoms with E-state index in [-0.39, 0.29) is 5.56 Å². The molecule has 0 saturated carbocycles. The minimum Gasteiger partial charge on any atom is -0.477 e. The largest absolute Gasteiger partial charge is 0.477 e. The van der Waals surface area contributed by atoms with E-state index in [1.165, 1.54) is 41.3 Å². The van der Waals surface area contributed by atoms with Crippen LogP contribution in [0, 0.1) is 10.1 Å². The fraction of sp³-hybridized carbons (Fsp3) is 0. The molecule has 0 bridgehead atoms. The van der Waals surface area contributed by atoms with Crippen molar-refractivity contribution < 1.29 is 14.8 Å². The van der Waals surface area contributed by atoms with Crippen LogP contribution in [0.1, 0.15) is 10.4 Å². The lowest BCUT2D eigenvalue weighted by Crippen LogP contribution is -2.02. The summed E-state index contributed by atoms with van der Waals surface area (Å²) in [5, 5.41) is 27.0. The van der Waals surface area contributed by atoms with E-state index < -0.39 is 16.6 Å². The molecule has 9 heteroatoms. The molecule has 0 spiro atoms. The van der Waals surface area contributed by atoms with Crippen molar-refractivity contribution >= 4 is 34.8 Å². The number of rotatable bonds is 4. The van der Waals surface area contributed by atoms with Gasteiger partial charge in [0.05, 0.1) is 4.92 Å².